The van der Waals surface area contributed by atoms with Crippen LogP contribution in [0.1, 0.15) is 56.5 Å². The summed E-state index contributed by atoms with van der Waals surface area (Å²) in [6.45, 7) is 8.87. The molecule has 2 rings (SSSR count). The largest absolute Gasteiger partial charge is 0.390 e. The second kappa shape index (κ2) is 5.80. The van der Waals surface area contributed by atoms with Gasteiger partial charge in [0.05, 0.1) is 5.60 Å². The monoisotopic (exact) mass is 289 g/mol. The Morgan fingerprint density at radius 2 is 1.90 bits per heavy atom. The van der Waals surface area contributed by atoms with Gasteiger partial charge in [-0.3, -0.25) is 4.79 Å². The molecule has 1 aromatic rings. The Hall–Kier alpha value is -1.35. The van der Waals surface area contributed by atoms with Gasteiger partial charge >= 0.3 is 0 Å². The number of amides is 1. The molecule has 0 spiro atoms. The number of carbonyl (C=O) groups excluding carboxylic acids is 1. The summed E-state index contributed by atoms with van der Waals surface area (Å²) in [4.78, 5) is 12.1. The molecule has 1 amide bonds. The summed E-state index contributed by atoms with van der Waals surface area (Å²) >= 11 is 0. The average Bonchev–Trinajstić information content (AvgIpc) is 3.01. The van der Waals surface area contributed by atoms with Crippen molar-refractivity contribution in [2.45, 2.75) is 52.6 Å². The van der Waals surface area contributed by atoms with Crippen LogP contribution >= 0.6 is 0 Å². The van der Waals surface area contributed by atoms with Gasteiger partial charge in [-0.15, -0.1) is 0 Å². The van der Waals surface area contributed by atoms with E-state index in [0.29, 0.717) is 16.9 Å². The molecule has 0 aromatic heterocycles. The Kier molecular flexibility index (Phi) is 4.43. The van der Waals surface area contributed by atoms with Gasteiger partial charge in [0.2, 0.25) is 0 Å². The maximum atomic E-state index is 12.1. The van der Waals surface area contributed by atoms with Crippen LogP contribution in [0.3, 0.4) is 0 Å². The van der Waals surface area contributed by atoms with E-state index in [0.717, 1.165) is 24.9 Å². The van der Waals surface area contributed by atoms with Gasteiger partial charge in [-0.25, -0.2) is 0 Å². The number of aliphatic hydroxyl groups is 1. The normalized spacial score (nSPS) is 20.1. The molecule has 1 aliphatic carbocycles. The van der Waals surface area contributed by atoms with E-state index in [4.69, 9.17) is 0 Å². The molecule has 0 saturated heterocycles. The highest BCUT2D eigenvalue weighted by Gasteiger charge is 2.45. The third kappa shape index (κ3) is 4.85. The van der Waals surface area contributed by atoms with E-state index in [1.54, 1.807) is 0 Å². The van der Waals surface area contributed by atoms with E-state index >= 15 is 0 Å². The third-order valence-electron chi connectivity index (χ3n) is 4.47. The SMILES string of the molecule is CC(C)(O)CCc1ccc(C(=O)NCC2CC2(C)C)cc1. The molecule has 1 saturated carbocycles. The van der Waals surface area contributed by atoms with Crippen LogP contribution in [0.25, 0.3) is 0 Å². The van der Waals surface area contributed by atoms with Crippen molar-refractivity contribution < 1.29 is 9.90 Å². The van der Waals surface area contributed by atoms with Gasteiger partial charge in [-0.2, -0.15) is 0 Å². The maximum Gasteiger partial charge on any atom is 0.251 e. The molecular formula is C18H27NO2. The molecule has 0 radical (unpaired) electrons. The molecule has 116 valence electrons. The van der Waals surface area contributed by atoms with Crippen LogP contribution in [0.2, 0.25) is 0 Å². The molecule has 3 heteroatoms. The molecule has 1 aromatic carbocycles. The lowest BCUT2D eigenvalue weighted by Crippen LogP contribution is -2.26. The molecule has 1 atom stereocenters. The van der Waals surface area contributed by atoms with Crippen LogP contribution in [0.5, 0.6) is 0 Å². The fourth-order valence-corrected chi connectivity index (χ4v) is 2.52. The van der Waals surface area contributed by atoms with Crippen molar-refractivity contribution in [1.82, 2.24) is 5.32 Å². The van der Waals surface area contributed by atoms with Crippen molar-refractivity contribution >= 4 is 5.91 Å². The number of aryl methyl sites for hydroxylation is 1. The fraction of sp³-hybridized carbons (Fsp3) is 0.611. The standard InChI is InChI=1S/C18H27NO2/c1-17(2)11-15(17)12-19-16(20)14-7-5-13(6-8-14)9-10-18(3,4)21/h5-8,15,21H,9-12H2,1-4H3,(H,19,20). The third-order valence-corrected chi connectivity index (χ3v) is 4.47. The Bertz CT molecular complexity index is 497. The lowest BCUT2D eigenvalue weighted by atomic mass is 9.98. The van der Waals surface area contributed by atoms with Crippen molar-refractivity contribution in [3.63, 3.8) is 0 Å². The first kappa shape index (κ1) is 16.0. The molecule has 3 nitrogen and oxygen atoms in total. The first-order valence-electron chi connectivity index (χ1n) is 7.77. The second-order valence-electron chi connectivity index (χ2n) is 7.61. The summed E-state index contributed by atoms with van der Waals surface area (Å²) in [6, 6.07) is 7.68. The van der Waals surface area contributed by atoms with E-state index in [-0.39, 0.29) is 5.91 Å². The van der Waals surface area contributed by atoms with Gasteiger partial charge in [0.1, 0.15) is 0 Å². The van der Waals surface area contributed by atoms with Gasteiger partial charge in [0, 0.05) is 12.1 Å². The number of nitrogens with one attached hydrogen (secondary N) is 1. The van der Waals surface area contributed by atoms with Crippen LogP contribution in [-0.4, -0.2) is 23.2 Å². The van der Waals surface area contributed by atoms with E-state index in [2.05, 4.69) is 19.2 Å². The zero-order valence-electron chi connectivity index (χ0n) is 13.6. The zero-order chi connectivity index (χ0) is 15.7. The molecule has 1 fully saturated rings. The number of carbonyl (C=O) groups is 1. The Morgan fingerprint density at radius 3 is 2.38 bits per heavy atom. The minimum absolute atomic E-state index is 0.00624. The molecular weight excluding hydrogens is 262 g/mol. The predicted molar refractivity (Wildman–Crippen MR) is 85.3 cm³/mol. The lowest BCUT2D eigenvalue weighted by Gasteiger charge is -2.16. The molecule has 0 heterocycles. The van der Waals surface area contributed by atoms with Crippen molar-refractivity contribution in [3.8, 4) is 0 Å². The number of benzene rings is 1. The van der Waals surface area contributed by atoms with Gasteiger partial charge in [-0.05, 0) is 62.1 Å². The first-order valence-corrected chi connectivity index (χ1v) is 7.77. The number of rotatable bonds is 6. The molecule has 1 unspecified atom stereocenters. The summed E-state index contributed by atoms with van der Waals surface area (Å²) in [5, 5.41) is 12.7. The summed E-state index contributed by atoms with van der Waals surface area (Å²) in [6.07, 6.45) is 2.74. The number of hydrogen-bond acceptors (Lipinski definition) is 2. The summed E-state index contributed by atoms with van der Waals surface area (Å²) in [7, 11) is 0. The summed E-state index contributed by atoms with van der Waals surface area (Å²) < 4.78 is 0. The van der Waals surface area contributed by atoms with Gasteiger partial charge in [0.15, 0.2) is 0 Å². The molecule has 21 heavy (non-hydrogen) atoms. The molecule has 1 aliphatic rings. The van der Waals surface area contributed by atoms with Gasteiger partial charge in [0.25, 0.3) is 5.91 Å². The number of hydrogen-bond donors (Lipinski definition) is 2. The molecule has 2 N–H and O–H groups in total. The van der Waals surface area contributed by atoms with Gasteiger partial charge in [-0.1, -0.05) is 26.0 Å². The van der Waals surface area contributed by atoms with E-state index in [1.165, 1.54) is 6.42 Å². The van der Waals surface area contributed by atoms with Crippen molar-refractivity contribution in [1.29, 1.82) is 0 Å². The minimum atomic E-state index is -0.646. The summed E-state index contributed by atoms with van der Waals surface area (Å²) in [5.74, 6) is 0.624. The van der Waals surface area contributed by atoms with Crippen LogP contribution < -0.4 is 5.32 Å². The second-order valence-corrected chi connectivity index (χ2v) is 7.61. The van der Waals surface area contributed by atoms with Crippen molar-refractivity contribution in [2.24, 2.45) is 11.3 Å². The maximum absolute atomic E-state index is 12.1. The fourth-order valence-electron chi connectivity index (χ4n) is 2.52. The molecule has 0 bridgehead atoms. The van der Waals surface area contributed by atoms with Crippen LogP contribution in [0, 0.1) is 11.3 Å². The van der Waals surface area contributed by atoms with Crippen LogP contribution in [0.4, 0.5) is 0 Å². The Balaban J connectivity index is 1.82. The highest BCUT2D eigenvalue weighted by Crippen LogP contribution is 2.50. The zero-order valence-corrected chi connectivity index (χ0v) is 13.6. The summed E-state index contributed by atoms with van der Waals surface area (Å²) in [5.41, 5.74) is 1.61. The van der Waals surface area contributed by atoms with E-state index in [9.17, 15) is 9.90 Å². The Labute approximate surface area is 127 Å². The topological polar surface area (TPSA) is 49.3 Å². The smallest absolute Gasteiger partial charge is 0.251 e. The quantitative estimate of drug-likeness (QED) is 0.845. The van der Waals surface area contributed by atoms with E-state index in [1.807, 2.05) is 38.1 Å². The lowest BCUT2D eigenvalue weighted by molar-refractivity contribution is 0.0713. The average molecular weight is 289 g/mol. The van der Waals surface area contributed by atoms with Crippen LogP contribution in [-0.2, 0) is 6.42 Å². The van der Waals surface area contributed by atoms with Crippen LogP contribution in [0.15, 0.2) is 24.3 Å². The van der Waals surface area contributed by atoms with Gasteiger partial charge < -0.3 is 10.4 Å². The molecule has 0 aliphatic heterocycles. The highest BCUT2D eigenvalue weighted by molar-refractivity contribution is 5.94. The predicted octanol–water partition coefficient (Wildman–Crippen LogP) is 3.17. The van der Waals surface area contributed by atoms with Crippen molar-refractivity contribution in [3.05, 3.63) is 35.4 Å². The van der Waals surface area contributed by atoms with Crippen molar-refractivity contribution in [2.75, 3.05) is 6.54 Å². The Morgan fingerprint density at radius 1 is 1.33 bits per heavy atom. The van der Waals surface area contributed by atoms with E-state index < -0.39 is 5.60 Å². The highest BCUT2D eigenvalue weighted by atomic mass is 16.3. The first-order chi connectivity index (χ1) is 9.67. The minimum Gasteiger partial charge on any atom is -0.390 e.